The number of allylic oxidation sites excluding steroid dienone is 1. The van der Waals surface area contributed by atoms with Crippen LogP contribution in [-0.2, 0) is 16.4 Å². The Balaban J connectivity index is 2.19. The fourth-order valence-corrected chi connectivity index (χ4v) is 4.26. The van der Waals surface area contributed by atoms with Gasteiger partial charge in [0.25, 0.3) is 0 Å². The number of benzene rings is 1. The minimum Gasteiger partial charge on any atom is -0.394 e. The van der Waals surface area contributed by atoms with Crippen molar-refractivity contribution in [2.75, 3.05) is 28.7 Å². The minimum atomic E-state index is -3.54. The van der Waals surface area contributed by atoms with Gasteiger partial charge in [-0.2, -0.15) is 15.0 Å². The van der Waals surface area contributed by atoms with Gasteiger partial charge in [-0.05, 0) is 36.8 Å². The Labute approximate surface area is 189 Å². The second-order valence-corrected chi connectivity index (χ2v) is 10.6. The van der Waals surface area contributed by atoms with E-state index in [-0.39, 0.29) is 24.5 Å². The van der Waals surface area contributed by atoms with Crippen LogP contribution in [0.1, 0.15) is 38.3 Å². The predicted molar refractivity (Wildman–Crippen MR) is 128 cm³/mol. The van der Waals surface area contributed by atoms with E-state index in [4.69, 9.17) is 0 Å². The highest BCUT2D eigenvalue weighted by Crippen LogP contribution is 2.23. The van der Waals surface area contributed by atoms with Crippen molar-refractivity contribution in [1.82, 2.24) is 15.0 Å². The molecule has 0 aliphatic carbocycles. The zero-order chi connectivity index (χ0) is 23.0. The third kappa shape index (κ3) is 8.84. The van der Waals surface area contributed by atoms with Crippen LogP contribution < -0.4 is 10.0 Å². The first kappa shape index (κ1) is 25.1. The molecule has 0 fully saturated rings. The molecule has 1 heterocycles. The van der Waals surface area contributed by atoms with Gasteiger partial charge in [-0.1, -0.05) is 62.0 Å². The molecule has 0 radical (unpaired) electrons. The number of nitrogens with one attached hydrogen (secondary N) is 2. The third-order valence-electron chi connectivity index (χ3n) is 4.28. The number of aliphatic hydroxyl groups excluding tert-OH is 1. The molecule has 0 amide bonds. The van der Waals surface area contributed by atoms with Crippen molar-refractivity contribution in [1.29, 1.82) is 0 Å². The van der Waals surface area contributed by atoms with Crippen LogP contribution in [-0.4, -0.2) is 53.1 Å². The van der Waals surface area contributed by atoms with Crippen molar-refractivity contribution in [3.8, 4) is 0 Å². The quantitative estimate of drug-likeness (QED) is 0.408. The Morgan fingerprint density at radius 3 is 2.48 bits per heavy atom. The monoisotopic (exact) mass is 465 g/mol. The molecule has 0 saturated carbocycles. The van der Waals surface area contributed by atoms with Crippen LogP contribution in [0.4, 0.5) is 11.9 Å². The van der Waals surface area contributed by atoms with E-state index in [0.717, 1.165) is 30.2 Å². The predicted octanol–water partition coefficient (Wildman–Crippen LogP) is 3.43. The van der Waals surface area contributed by atoms with Gasteiger partial charge in [0.05, 0.1) is 18.9 Å². The Morgan fingerprint density at radius 1 is 1.19 bits per heavy atom. The fraction of sp³-hybridized carbons (Fsp3) is 0.476. The van der Waals surface area contributed by atoms with E-state index >= 15 is 0 Å². The molecule has 0 spiro atoms. The molecular weight excluding hydrogens is 434 g/mol. The number of hydrogen-bond donors (Lipinski definition) is 3. The maximum atomic E-state index is 11.7. The van der Waals surface area contributed by atoms with Crippen molar-refractivity contribution in [3.05, 3.63) is 42.0 Å². The van der Waals surface area contributed by atoms with Crippen molar-refractivity contribution in [2.24, 2.45) is 5.92 Å². The number of aliphatic hydroxyl groups is 1. The first-order valence-corrected chi connectivity index (χ1v) is 12.9. The highest BCUT2D eigenvalue weighted by atomic mass is 32.2. The summed E-state index contributed by atoms with van der Waals surface area (Å²) >= 11 is 1.41. The SMILES string of the molecule is C=C(C)c1ccccc1CCSc1nc(N[C@@H](CO)CC(C)C)nc(NS(C)(=O)=O)n1. The van der Waals surface area contributed by atoms with Crippen molar-refractivity contribution in [3.63, 3.8) is 0 Å². The number of sulfonamides is 1. The van der Waals surface area contributed by atoms with Gasteiger partial charge in [0.2, 0.25) is 21.9 Å². The first-order valence-electron chi connectivity index (χ1n) is 10.0. The maximum absolute atomic E-state index is 11.7. The highest BCUT2D eigenvalue weighted by Gasteiger charge is 2.15. The van der Waals surface area contributed by atoms with E-state index in [1.807, 2.05) is 25.1 Å². The summed E-state index contributed by atoms with van der Waals surface area (Å²) in [6.07, 6.45) is 2.54. The molecule has 170 valence electrons. The van der Waals surface area contributed by atoms with Crippen LogP contribution in [0.2, 0.25) is 0 Å². The van der Waals surface area contributed by atoms with Crippen molar-refractivity contribution < 1.29 is 13.5 Å². The zero-order valence-corrected chi connectivity index (χ0v) is 20.1. The molecule has 2 aromatic rings. The summed E-state index contributed by atoms with van der Waals surface area (Å²) in [7, 11) is -3.54. The number of aromatic nitrogens is 3. The summed E-state index contributed by atoms with van der Waals surface area (Å²) in [6.45, 7) is 10.0. The average Bonchev–Trinajstić information content (AvgIpc) is 2.66. The number of nitrogens with zero attached hydrogens (tertiary/aromatic N) is 3. The molecule has 1 aromatic heterocycles. The standard InChI is InChI=1S/C21H31N5O3S2/c1-14(2)12-17(13-27)22-19-23-20(26-31(5,28)29)25-21(24-19)30-11-10-16-8-6-7-9-18(16)15(3)4/h6-9,14,17,27H,3,10-13H2,1-2,4-5H3,(H2,22,23,24,25,26)/t17-/m1/s1. The molecule has 2 rings (SSSR count). The highest BCUT2D eigenvalue weighted by molar-refractivity contribution is 7.99. The van der Waals surface area contributed by atoms with Gasteiger partial charge in [0.15, 0.2) is 5.16 Å². The van der Waals surface area contributed by atoms with E-state index in [1.54, 1.807) is 0 Å². The topological polar surface area (TPSA) is 117 Å². The van der Waals surface area contributed by atoms with Crippen LogP contribution >= 0.6 is 11.8 Å². The molecule has 0 saturated heterocycles. The molecule has 31 heavy (non-hydrogen) atoms. The Morgan fingerprint density at radius 2 is 1.87 bits per heavy atom. The lowest BCUT2D eigenvalue weighted by atomic mass is 10.0. The van der Waals surface area contributed by atoms with E-state index in [0.29, 0.717) is 16.8 Å². The number of anilines is 2. The summed E-state index contributed by atoms with van der Waals surface area (Å²) in [4.78, 5) is 12.8. The zero-order valence-electron chi connectivity index (χ0n) is 18.4. The van der Waals surface area contributed by atoms with Gasteiger partial charge in [-0.15, -0.1) is 0 Å². The summed E-state index contributed by atoms with van der Waals surface area (Å²) in [5, 5.41) is 13.1. The van der Waals surface area contributed by atoms with Gasteiger partial charge in [-0.25, -0.2) is 8.42 Å². The second kappa shape index (κ2) is 11.4. The second-order valence-electron chi connectivity index (χ2n) is 7.83. The third-order valence-corrected chi connectivity index (χ3v) is 5.68. The molecule has 3 N–H and O–H groups in total. The van der Waals surface area contributed by atoms with Gasteiger partial charge in [-0.3, -0.25) is 4.72 Å². The van der Waals surface area contributed by atoms with Gasteiger partial charge < -0.3 is 10.4 Å². The number of thioether (sulfide) groups is 1. The smallest absolute Gasteiger partial charge is 0.242 e. The summed E-state index contributed by atoms with van der Waals surface area (Å²) < 4.78 is 25.6. The molecule has 0 aliphatic rings. The summed E-state index contributed by atoms with van der Waals surface area (Å²) in [5.41, 5.74) is 3.31. The molecular formula is C21H31N5O3S2. The Bertz CT molecular complexity index is 996. The summed E-state index contributed by atoms with van der Waals surface area (Å²) in [5.74, 6) is 1.24. The van der Waals surface area contributed by atoms with Crippen LogP contribution in [0.25, 0.3) is 5.57 Å². The van der Waals surface area contributed by atoms with Gasteiger partial charge in [0.1, 0.15) is 0 Å². The normalized spacial score (nSPS) is 12.6. The van der Waals surface area contributed by atoms with E-state index in [2.05, 4.69) is 51.5 Å². The van der Waals surface area contributed by atoms with Crippen molar-refractivity contribution >= 4 is 39.3 Å². The average molecular weight is 466 g/mol. The lowest BCUT2D eigenvalue weighted by Gasteiger charge is -2.18. The number of aryl methyl sites for hydroxylation is 1. The largest absolute Gasteiger partial charge is 0.394 e. The lowest BCUT2D eigenvalue weighted by Crippen LogP contribution is -2.27. The fourth-order valence-electron chi connectivity index (χ4n) is 3.03. The van der Waals surface area contributed by atoms with E-state index < -0.39 is 10.0 Å². The Kier molecular flexibility index (Phi) is 9.27. The number of rotatable bonds is 12. The van der Waals surface area contributed by atoms with Crippen molar-refractivity contribution in [2.45, 2.75) is 44.8 Å². The van der Waals surface area contributed by atoms with E-state index in [9.17, 15) is 13.5 Å². The van der Waals surface area contributed by atoms with Crippen LogP contribution in [0.5, 0.6) is 0 Å². The molecule has 0 unspecified atom stereocenters. The molecule has 0 bridgehead atoms. The number of hydrogen-bond acceptors (Lipinski definition) is 8. The maximum Gasteiger partial charge on any atom is 0.242 e. The molecule has 8 nitrogen and oxygen atoms in total. The van der Waals surface area contributed by atoms with Crippen LogP contribution in [0.15, 0.2) is 36.0 Å². The molecule has 1 atom stereocenters. The minimum absolute atomic E-state index is 0.0499. The molecule has 10 heteroatoms. The van der Waals surface area contributed by atoms with Crippen LogP contribution in [0.3, 0.4) is 0 Å². The van der Waals surface area contributed by atoms with E-state index in [1.165, 1.54) is 17.3 Å². The van der Waals surface area contributed by atoms with Crippen LogP contribution in [0, 0.1) is 5.92 Å². The molecule has 1 aromatic carbocycles. The van der Waals surface area contributed by atoms with Gasteiger partial charge >= 0.3 is 0 Å². The van der Waals surface area contributed by atoms with Gasteiger partial charge in [0, 0.05) is 5.75 Å². The summed E-state index contributed by atoms with van der Waals surface area (Å²) in [6, 6.07) is 7.86. The first-order chi connectivity index (χ1) is 14.6. The molecule has 0 aliphatic heterocycles. The lowest BCUT2D eigenvalue weighted by molar-refractivity contribution is 0.259. The Hall–Kier alpha value is -2.17.